The van der Waals surface area contributed by atoms with Crippen LogP contribution < -0.4 is 0 Å². The minimum atomic E-state index is -0.692. The molecule has 0 aliphatic carbocycles. The SMILES string of the molecule is [N-]=[N+]=Nc1cccc2onc([N+](=O)[O-])c12. The Balaban J connectivity index is 2.86. The van der Waals surface area contributed by atoms with Crippen molar-refractivity contribution < 1.29 is 9.45 Å². The van der Waals surface area contributed by atoms with Crippen LogP contribution in [-0.4, -0.2) is 10.1 Å². The molecule has 0 radical (unpaired) electrons. The molecule has 0 atom stereocenters. The molecule has 0 bridgehead atoms. The number of fused-ring (bicyclic) bond motifs is 1. The van der Waals surface area contributed by atoms with E-state index in [1.54, 1.807) is 6.07 Å². The zero-order valence-corrected chi connectivity index (χ0v) is 7.19. The second kappa shape index (κ2) is 3.28. The van der Waals surface area contributed by atoms with Gasteiger partial charge in [0.05, 0.1) is 5.69 Å². The minimum absolute atomic E-state index is 0.111. The van der Waals surface area contributed by atoms with Gasteiger partial charge in [-0.05, 0) is 16.5 Å². The number of aromatic nitrogens is 1. The Bertz CT molecular complexity index is 583. The topological polar surface area (TPSA) is 118 Å². The van der Waals surface area contributed by atoms with Crippen LogP contribution in [0.2, 0.25) is 0 Å². The first-order valence-electron chi connectivity index (χ1n) is 3.82. The van der Waals surface area contributed by atoms with Crippen molar-refractivity contribution in [2.45, 2.75) is 0 Å². The molecule has 1 aromatic carbocycles. The zero-order chi connectivity index (χ0) is 10.8. The third-order valence-electron chi connectivity index (χ3n) is 1.78. The molecule has 0 saturated carbocycles. The van der Waals surface area contributed by atoms with Gasteiger partial charge in [-0.2, -0.15) is 0 Å². The van der Waals surface area contributed by atoms with Crippen LogP contribution in [0.1, 0.15) is 0 Å². The average Bonchev–Trinajstić information content (AvgIpc) is 2.62. The summed E-state index contributed by atoms with van der Waals surface area (Å²) < 4.78 is 4.72. The summed E-state index contributed by atoms with van der Waals surface area (Å²) in [6.45, 7) is 0. The molecule has 0 unspecified atom stereocenters. The van der Waals surface area contributed by atoms with E-state index in [2.05, 4.69) is 15.2 Å². The predicted molar refractivity (Wildman–Crippen MR) is 49.5 cm³/mol. The lowest BCUT2D eigenvalue weighted by Crippen LogP contribution is -1.87. The molecule has 0 aliphatic heterocycles. The fraction of sp³-hybridized carbons (Fsp3) is 0. The summed E-state index contributed by atoms with van der Waals surface area (Å²) in [5, 5.41) is 17.3. The summed E-state index contributed by atoms with van der Waals surface area (Å²) in [7, 11) is 0. The molecule has 0 aliphatic rings. The summed E-state index contributed by atoms with van der Waals surface area (Å²) >= 11 is 0. The van der Waals surface area contributed by atoms with Crippen molar-refractivity contribution in [3.8, 4) is 0 Å². The summed E-state index contributed by atoms with van der Waals surface area (Å²) in [4.78, 5) is 12.5. The Kier molecular flexibility index (Phi) is 1.96. The Morgan fingerprint density at radius 3 is 3.07 bits per heavy atom. The van der Waals surface area contributed by atoms with Crippen molar-refractivity contribution in [2.75, 3.05) is 0 Å². The molecule has 0 saturated heterocycles. The lowest BCUT2D eigenvalue weighted by Gasteiger charge is -1.91. The average molecular weight is 205 g/mol. The molecule has 8 nitrogen and oxygen atoms in total. The third kappa shape index (κ3) is 1.34. The largest absolute Gasteiger partial charge is 0.421 e. The monoisotopic (exact) mass is 205 g/mol. The number of azide groups is 1. The Morgan fingerprint density at radius 1 is 1.60 bits per heavy atom. The van der Waals surface area contributed by atoms with Gasteiger partial charge in [-0.3, -0.25) is 4.52 Å². The fourth-order valence-corrected chi connectivity index (χ4v) is 1.21. The predicted octanol–water partition coefficient (Wildman–Crippen LogP) is 2.68. The maximum atomic E-state index is 10.6. The van der Waals surface area contributed by atoms with Gasteiger partial charge in [-0.1, -0.05) is 17.2 Å². The van der Waals surface area contributed by atoms with E-state index < -0.39 is 10.7 Å². The van der Waals surface area contributed by atoms with Crippen LogP contribution in [0.25, 0.3) is 21.4 Å². The first-order chi connectivity index (χ1) is 7.24. The maximum absolute atomic E-state index is 10.6. The summed E-state index contributed by atoms with van der Waals surface area (Å²) in [6.07, 6.45) is 0. The van der Waals surface area contributed by atoms with Gasteiger partial charge in [0.25, 0.3) is 0 Å². The molecule has 0 fully saturated rings. The van der Waals surface area contributed by atoms with E-state index in [0.717, 1.165) is 0 Å². The number of hydrogen-bond donors (Lipinski definition) is 0. The smallest absolute Gasteiger partial charge is 0.358 e. The molecule has 8 heteroatoms. The van der Waals surface area contributed by atoms with Gasteiger partial charge in [-0.25, -0.2) is 0 Å². The van der Waals surface area contributed by atoms with Crippen LogP contribution in [0.5, 0.6) is 0 Å². The number of nitrogens with zero attached hydrogens (tertiary/aromatic N) is 5. The quantitative estimate of drug-likeness (QED) is 0.246. The Labute approximate surface area is 81.9 Å². The standard InChI is InChI=1S/C7H3N5O3/c8-11-9-4-2-1-3-5-6(4)7(10-15-5)12(13)14/h1-3H. The van der Waals surface area contributed by atoms with Crippen molar-refractivity contribution in [1.82, 2.24) is 5.16 Å². The molecule has 0 spiro atoms. The summed E-state index contributed by atoms with van der Waals surface area (Å²) in [6, 6.07) is 4.51. The van der Waals surface area contributed by atoms with E-state index >= 15 is 0 Å². The zero-order valence-electron chi connectivity index (χ0n) is 7.19. The highest BCUT2D eigenvalue weighted by molar-refractivity contribution is 5.95. The number of rotatable bonds is 2. The van der Waals surface area contributed by atoms with Crippen LogP contribution in [-0.2, 0) is 0 Å². The van der Waals surface area contributed by atoms with Gasteiger partial charge in [0.2, 0.25) is 5.58 Å². The van der Waals surface area contributed by atoms with Crippen LogP contribution in [0.3, 0.4) is 0 Å². The molecule has 2 aromatic rings. The summed E-state index contributed by atoms with van der Waals surface area (Å²) in [5.74, 6) is -0.451. The highest BCUT2D eigenvalue weighted by Crippen LogP contribution is 2.33. The summed E-state index contributed by atoms with van der Waals surface area (Å²) in [5.41, 5.74) is 8.63. The number of nitro groups is 1. The van der Waals surface area contributed by atoms with E-state index in [9.17, 15) is 10.1 Å². The van der Waals surface area contributed by atoms with E-state index in [0.29, 0.717) is 0 Å². The van der Waals surface area contributed by atoms with Gasteiger partial charge < -0.3 is 10.1 Å². The lowest BCUT2D eigenvalue weighted by molar-refractivity contribution is -0.389. The second-order valence-corrected chi connectivity index (χ2v) is 2.60. The van der Waals surface area contributed by atoms with Crippen molar-refractivity contribution in [3.63, 3.8) is 0 Å². The molecular formula is C7H3N5O3. The molecule has 2 rings (SSSR count). The molecule has 0 amide bonds. The molecule has 15 heavy (non-hydrogen) atoms. The molecular weight excluding hydrogens is 202 g/mol. The maximum Gasteiger partial charge on any atom is 0.421 e. The van der Waals surface area contributed by atoms with E-state index in [1.165, 1.54) is 12.1 Å². The third-order valence-corrected chi connectivity index (χ3v) is 1.78. The van der Waals surface area contributed by atoms with Crippen LogP contribution in [0, 0.1) is 10.1 Å². The first kappa shape index (κ1) is 8.97. The molecule has 0 N–H and O–H groups in total. The van der Waals surface area contributed by atoms with Crippen molar-refractivity contribution >= 4 is 22.5 Å². The Hall–Kier alpha value is -2.60. The highest BCUT2D eigenvalue weighted by atomic mass is 16.6. The minimum Gasteiger partial charge on any atom is -0.358 e. The van der Waals surface area contributed by atoms with Crippen molar-refractivity contribution in [1.29, 1.82) is 0 Å². The van der Waals surface area contributed by atoms with Gasteiger partial charge in [-0.15, -0.1) is 0 Å². The first-order valence-corrected chi connectivity index (χ1v) is 3.82. The lowest BCUT2D eigenvalue weighted by atomic mass is 10.2. The van der Waals surface area contributed by atoms with E-state index in [1.807, 2.05) is 0 Å². The molecule has 74 valence electrons. The second-order valence-electron chi connectivity index (χ2n) is 2.60. The van der Waals surface area contributed by atoms with Crippen molar-refractivity contribution in [2.24, 2.45) is 5.11 Å². The van der Waals surface area contributed by atoms with Crippen LogP contribution >= 0.6 is 0 Å². The van der Waals surface area contributed by atoms with Crippen LogP contribution in [0.4, 0.5) is 11.5 Å². The fourth-order valence-electron chi connectivity index (χ4n) is 1.21. The van der Waals surface area contributed by atoms with Gasteiger partial charge in [0.15, 0.2) is 5.16 Å². The number of benzene rings is 1. The molecule has 1 aromatic heterocycles. The highest BCUT2D eigenvalue weighted by Gasteiger charge is 2.21. The van der Waals surface area contributed by atoms with E-state index in [4.69, 9.17) is 10.1 Å². The van der Waals surface area contributed by atoms with Crippen molar-refractivity contribution in [3.05, 3.63) is 38.8 Å². The van der Waals surface area contributed by atoms with E-state index in [-0.39, 0.29) is 16.7 Å². The van der Waals surface area contributed by atoms with Crippen LogP contribution in [0.15, 0.2) is 27.8 Å². The van der Waals surface area contributed by atoms with Gasteiger partial charge in [0, 0.05) is 4.91 Å². The number of hydrogen-bond acceptors (Lipinski definition) is 5. The van der Waals surface area contributed by atoms with Gasteiger partial charge >= 0.3 is 5.82 Å². The normalized spacial score (nSPS) is 9.87. The van der Waals surface area contributed by atoms with Gasteiger partial charge in [0.1, 0.15) is 5.39 Å². The molecule has 1 heterocycles. The Morgan fingerprint density at radius 2 is 2.40 bits per heavy atom.